The van der Waals surface area contributed by atoms with Gasteiger partial charge in [0.05, 0.1) is 10.5 Å². The first kappa shape index (κ1) is 16.5. The van der Waals surface area contributed by atoms with Crippen molar-refractivity contribution in [2.24, 2.45) is 4.99 Å². The molecule has 4 nitrogen and oxygen atoms in total. The number of aliphatic imine (C=N–C) groups is 1. The van der Waals surface area contributed by atoms with E-state index in [0.29, 0.717) is 17.0 Å². The average Bonchev–Trinajstić information content (AvgIpc) is 2.93. The molecular weight excluding hydrogens is 349 g/mol. The lowest BCUT2D eigenvalue weighted by Crippen LogP contribution is -2.38. The molecule has 1 heterocycles. The molecule has 0 amide bonds. The number of hydrogen-bond donors (Lipinski definition) is 2. The second-order valence-corrected chi connectivity index (χ2v) is 5.84. The minimum atomic E-state index is -0.276. The van der Waals surface area contributed by atoms with E-state index in [1.807, 2.05) is 32.0 Å². The first-order chi connectivity index (χ1) is 10.5. The second kappa shape index (κ2) is 7.45. The van der Waals surface area contributed by atoms with E-state index >= 15 is 0 Å². The zero-order valence-corrected chi connectivity index (χ0v) is 14.4. The fourth-order valence-electron chi connectivity index (χ4n) is 1.99. The summed E-state index contributed by atoms with van der Waals surface area (Å²) in [4.78, 5) is 4.17. The predicted octanol–water partition coefficient (Wildman–Crippen LogP) is 3.92. The molecule has 0 spiro atoms. The van der Waals surface area contributed by atoms with Crippen LogP contribution in [-0.2, 0) is 6.54 Å². The molecule has 2 N–H and O–H groups in total. The van der Waals surface area contributed by atoms with Crippen LogP contribution in [0.2, 0.25) is 0 Å². The van der Waals surface area contributed by atoms with Gasteiger partial charge in [-0.25, -0.2) is 4.39 Å². The van der Waals surface area contributed by atoms with Crippen molar-refractivity contribution in [1.82, 2.24) is 10.6 Å². The highest BCUT2D eigenvalue weighted by Gasteiger charge is 2.11. The van der Waals surface area contributed by atoms with E-state index in [1.54, 1.807) is 13.1 Å². The Morgan fingerprint density at radius 3 is 2.73 bits per heavy atom. The number of guanidine groups is 1. The summed E-state index contributed by atoms with van der Waals surface area (Å²) >= 11 is 3.14. The number of nitrogens with zero attached hydrogens (tertiary/aromatic N) is 1. The molecule has 0 saturated heterocycles. The molecule has 1 atom stereocenters. The van der Waals surface area contributed by atoms with Crippen LogP contribution < -0.4 is 10.6 Å². The molecule has 1 unspecified atom stereocenters. The van der Waals surface area contributed by atoms with E-state index in [2.05, 4.69) is 31.6 Å². The Morgan fingerprint density at radius 2 is 2.14 bits per heavy atom. The van der Waals surface area contributed by atoms with Gasteiger partial charge in [-0.1, -0.05) is 6.07 Å². The maximum absolute atomic E-state index is 13.5. The number of halogens is 2. The van der Waals surface area contributed by atoms with E-state index in [1.165, 1.54) is 6.07 Å². The molecule has 0 saturated carbocycles. The van der Waals surface area contributed by atoms with E-state index in [-0.39, 0.29) is 11.9 Å². The maximum Gasteiger partial charge on any atom is 0.191 e. The lowest BCUT2D eigenvalue weighted by molar-refractivity contribution is 0.441. The highest BCUT2D eigenvalue weighted by molar-refractivity contribution is 9.10. The van der Waals surface area contributed by atoms with Crippen molar-refractivity contribution in [3.05, 3.63) is 57.7 Å². The Morgan fingerprint density at radius 1 is 1.36 bits per heavy atom. The molecular formula is C16H19BrFN3O. The molecule has 2 aromatic rings. The average molecular weight is 368 g/mol. The molecule has 0 bridgehead atoms. The number of rotatable bonds is 4. The molecule has 22 heavy (non-hydrogen) atoms. The summed E-state index contributed by atoms with van der Waals surface area (Å²) < 4.78 is 19.5. The molecule has 1 aromatic heterocycles. The van der Waals surface area contributed by atoms with Gasteiger partial charge >= 0.3 is 0 Å². The third-order valence-electron chi connectivity index (χ3n) is 3.21. The number of benzene rings is 1. The van der Waals surface area contributed by atoms with Crippen LogP contribution in [0.1, 0.15) is 30.0 Å². The van der Waals surface area contributed by atoms with Gasteiger partial charge in [-0.15, -0.1) is 0 Å². The minimum absolute atomic E-state index is 0.0125. The predicted molar refractivity (Wildman–Crippen MR) is 89.3 cm³/mol. The van der Waals surface area contributed by atoms with Crippen molar-refractivity contribution in [3.8, 4) is 0 Å². The van der Waals surface area contributed by atoms with Crippen molar-refractivity contribution in [3.63, 3.8) is 0 Å². The van der Waals surface area contributed by atoms with Gasteiger partial charge in [0.2, 0.25) is 0 Å². The first-order valence-corrected chi connectivity index (χ1v) is 7.76. The normalized spacial score (nSPS) is 13.0. The third kappa shape index (κ3) is 4.34. The minimum Gasteiger partial charge on any atom is -0.464 e. The maximum atomic E-state index is 13.5. The van der Waals surface area contributed by atoms with Crippen LogP contribution in [0.4, 0.5) is 4.39 Å². The van der Waals surface area contributed by atoms with Crippen LogP contribution in [0.3, 0.4) is 0 Å². The number of aryl methyl sites for hydroxylation is 1. The standard InChI is InChI=1S/C16H19BrFN3O/c1-10-4-7-15(22-10)11(2)21-16(19-3)20-9-12-5-6-13(17)14(18)8-12/h4-8,11H,9H2,1-3H3,(H2,19,20,21). The molecule has 1 aromatic carbocycles. The topological polar surface area (TPSA) is 49.6 Å². The highest BCUT2D eigenvalue weighted by atomic mass is 79.9. The second-order valence-electron chi connectivity index (χ2n) is 4.99. The smallest absolute Gasteiger partial charge is 0.191 e. The number of nitrogens with one attached hydrogen (secondary N) is 2. The lowest BCUT2D eigenvalue weighted by atomic mass is 10.2. The van der Waals surface area contributed by atoms with E-state index in [0.717, 1.165) is 17.1 Å². The van der Waals surface area contributed by atoms with Gasteiger partial charge in [0.1, 0.15) is 17.3 Å². The van der Waals surface area contributed by atoms with Gasteiger partial charge in [0.15, 0.2) is 5.96 Å². The zero-order chi connectivity index (χ0) is 16.1. The highest BCUT2D eigenvalue weighted by Crippen LogP contribution is 2.17. The Kier molecular flexibility index (Phi) is 5.60. The van der Waals surface area contributed by atoms with Crippen molar-refractivity contribution >= 4 is 21.9 Å². The van der Waals surface area contributed by atoms with Crippen LogP contribution in [0.15, 0.2) is 44.2 Å². The quantitative estimate of drug-likeness (QED) is 0.636. The van der Waals surface area contributed by atoms with Crippen molar-refractivity contribution < 1.29 is 8.81 Å². The van der Waals surface area contributed by atoms with Gasteiger partial charge in [0, 0.05) is 13.6 Å². The van der Waals surface area contributed by atoms with Crippen molar-refractivity contribution in [1.29, 1.82) is 0 Å². The number of hydrogen-bond acceptors (Lipinski definition) is 2. The monoisotopic (exact) mass is 367 g/mol. The molecule has 0 aliphatic rings. The molecule has 0 aliphatic carbocycles. The van der Waals surface area contributed by atoms with Crippen LogP contribution in [-0.4, -0.2) is 13.0 Å². The first-order valence-electron chi connectivity index (χ1n) is 6.97. The Balaban J connectivity index is 1.93. The van der Waals surface area contributed by atoms with E-state index in [4.69, 9.17) is 4.42 Å². The van der Waals surface area contributed by atoms with E-state index in [9.17, 15) is 4.39 Å². The van der Waals surface area contributed by atoms with Gasteiger partial charge in [-0.2, -0.15) is 0 Å². The van der Waals surface area contributed by atoms with Crippen LogP contribution in [0, 0.1) is 12.7 Å². The Hall–Kier alpha value is -1.82. The lowest BCUT2D eigenvalue weighted by Gasteiger charge is -2.16. The zero-order valence-electron chi connectivity index (χ0n) is 12.8. The van der Waals surface area contributed by atoms with Crippen LogP contribution in [0.5, 0.6) is 0 Å². The van der Waals surface area contributed by atoms with Crippen molar-refractivity contribution in [2.45, 2.75) is 26.4 Å². The van der Waals surface area contributed by atoms with Gasteiger partial charge in [-0.3, -0.25) is 4.99 Å². The SMILES string of the molecule is CN=C(NCc1ccc(Br)c(F)c1)NC(C)c1ccc(C)o1. The molecule has 2 rings (SSSR count). The summed E-state index contributed by atoms with van der Waals surface area (Å²) in [6.07, 6.45) is 0. The number of furan rings is 1. The fraction of sp³-hybridized carbons (Fsp3) is 0.312. The summed E-state index contributed by atoms with van der Waals surface area (Å²) in [5, 5.41) is 6.39. The fourth-order valence-corrected chi connectivity index (χ4v) is 2.24. The molecule has 0 fully saturated rings. The largest absolute Gasteiger partial charge is 0.464 e. The Bertz CT molecular complexity index is 669. The summed E-state index contributed by atoms with van der Waals surface area (Å²) in [5.74, 6) is 2.07. The third-order valence-corrected chi connectivity index (χ3v) is 3.85. The Labute approximate surface area is 138 Å². The van der Waals surface area contributed by atoms with Crippen molar-refractivity contribution in [2.75, 3.05) is 7.05 Å². The van der Waals surface area contributed by atoms with Crippen LogP contribution >= 0.6 is 15.9 Å². The van der Waals surface area contributed by atoms with Gasteiger partial charge < -0.3 is 15.1 Å². The van der Waals surface area contributed by atoms with Crippen LogP contribution in [0.25, 0.3) is 0 Å². The van der Waals surface area contributed by atoms with Gasteiger partial charge in [0.25, 0.3) is 0 Å². The summed E-state index contributed by atoms with van der Waals surface area (Å²) in [6.45, 7) is 4.38. The summed E-state index contributed by atoms with van der Waals surface area (Å²) in [6, 6.07) is 8.88. The molecule has 6 heteroatoms. The summed E-state index contributed by atoms with van der Waals surface area (Å²) in [5.41, 5.74) is 0.838. The van der Waals surface area contributed by atoms with E-state index < -0.39 is 0 Å². The molecule has 0 radical (unpaired) electrons. The summed E-state index contributed by atoms with van der Waals surface area (Å²) in [7, 11) is 1.69. The van der Waals surface area contributed by atoms with Gasteiger partial charge in [-0.05, 0) is 59.6 Å². The molecule has 118 valence electrons. The molecule has 0 aliphatic heterocycles.